The summed E-state index contributed by atoms with van der Waals surface area (Å²) in [6, 6.07) is 7.03. The van der Waals surface area contributed by atoms with Gasteiger partial charge in [-0.15, -0.1) is 21.5 Å². The molecule has 12 heteroatoms. The highest BCUT2D eigenvalue weighted by molar-refractivity contribution is 8.00. The summed E-state index contributed by atoms with van der Waals surface area (Å²) >= 11 is 2.72. The normalized spacial score (nSPS) is 13.3. The van der Waals surface area contributed by atoms with Gasteiger partial charge in [-0.05, 0) is 75.8 Å². The largest absolute Gasteiger partial charge is 0.494 e. The van der Waals surface area contributed by atoms with Gasteiger partial charge in [0, 0.05) is 17.5 Å². The third-order valence-electron chi connectivity index (χ3n) is 6.75. The summed E-state index contributed by atoms with van der Waals surface area (Å²) < 4.78 is 12.7. The molecule has 0 radical (unpaired) electrons. The fourth-order valence-corrected chi connectivity index (χ4v) is 6.51. The smallest absolute Gasteiger partial charge is 0.341 e. The second-order valence-corrected chi connectivity index (χ2v) is 12.2. The van der Waals surface area contributed by atoms with E-state index in [2.05, 4.69) is 27.8 Å². The molecule has 2 aromatic heterocycles. The van der Waals surface area contributed by atoms with E-state index in [1.54, 1.807) is 49.7 Å². The third kappa shape index (κ3) is 7.68. The van der Waals surface area contributed by atoms with Crippen molar-refractivity contribution in [2.75, 3.05) is 18.5 Å². The summed E-state index contributed by atoms with van der Waals surface area (Å²) in [6.07, 6.45) is 5.86. The zero-order valence-corrected chi connectivity index (χ0v) is 25.6. The summed E-state index contributed by atoms with van der Waals surface area (Å²) in [7, 11) is 1.79. The topological polar surface area (TPSA) is 124 Å². The number of carbonyl (C=O) groups excluding carboxylic acids is 3. The van der Waals surface area contributed by atoms with Crippen LogP contribution in [0.25, 0.3) is 0 Å². The number of benzene rings is 1. The number of fused-ring (bicyclic) bond motifs is 1. The number of ether oxygens (including phenoxy) is 2. The molecule has 0 saturated heterocycles. The van der Waals surface area contributed by atoms with Crippen LogP contribution in [-0.2, 0) is 36.0 Å². The van der Waals surface area contributed by atoms with Gasteiger partial charge in [-0.1, -0.05) is 25.1 Å². The molecule has 0 fully saturated rings. The van der Waals surface area contributed by atoms with Gasteiger partial charge < -0.3 is 24.7 Å². The number of amides is 2. The lowest BCUT2D eigenvalue weighted by Gasteiger charge is -2.13. The SMILES string of the molecule is CCCCOc1ccc(C(=O)NCc2nnc(SC(C)C(=O)Nc3sc4c(c3C(=O)OCC)CCCC4)n2C)cc1. The van der Waals surface area contributed by atoms with E-state index in [9.17, 15) is 14.4 Å². The fourth-order valence-electron chi connectivity index (χ4n) is 4.40. The lowest BCUT2D eigenvalue weighted by Crippen LogP contribution is -2.25. The van der Waals surface area contributed by atoms with Crippen LogP contribution in [0.1, 0.15) is 83.4 Å². The first-order valence-corrected chi connectivity index (χ1v) is 15.7. The van der Waals surface area contributed by atoms with Crippen molar-refractivity contribution in [1.29, 1.82) is 0 Å². The highest BCUT2D eigenvalue weighted by atomic mass is 32.2. The predicted molar refractivity (Wildman–Crippen MR) is 160 cm³/mol. The average molecular weight is 600 g/mol. The molecule has 4 rings (SSSR count). The van der Waals surface area contributed by atoms with Gasteiger partial charge in [-0.25, -0.2) is 4.79 Å². The van der Waals surface area contributed by atoms with E-state index in [1.807, 2.05) is 0 Å². The number of unbranched alkanes of at least 4 members (excludes halogenated alkanes) is 1. The third-order valence-corrected chi connectivity index (χ3v) is 9.10. The molecule has 41 heavy (non-hydrogen) atoms. The lowest BCUT2D eigenvalue weighted by atomic mass is 9.95. The fraction of sp³-hybridized carbons (Fsp3) is 0.483. The molecule has 1 aromatic carbocycles. The van der Waals surface area contributed by atoms with Crippen molar-refractivity contribution in [1.82, 2.24) is 20.1 Å². The summed E-state index contributed by atoms with van der Waals surface area (Å²) in [5, 5.41) is 14.8. The van der Waals surface area contributed by atoms with Crippen LogP contribution in [0.4, 0.5) is 5.00 Å². The Kier molecular flexibility index (Phi) is 10.8. The van der Waals surface area contributed by atoms with Crippen LogP contribution in [0.5, 0.6) is 5.75 Å². The Labute approximate surface area is 248 Å². The van der Waals surface area contributed by atoms with Gasteiger partial charge in [0.05, 0.1) is 30.6 Å². The number of rotatable bonds is 13. The van der Waals surface area contributed by atoms with Crippen LogP contribution < -0.4 is 15.4 Å². The Morgan fingerprint density at radius 3 is 2.61 bits per heavy atom. The van der Waals surface area contributed by atoms with Crippen LogP contribution in [0.2, 0.25) is 0 Å². The minimum absolute atomic E-state index is 0.182. The summed E-state index contributed by atoms with van der Waals surface area (Å²) in [6.45, 7) is 6.77. The average Bonchev–Trinajstić information content (AvgIpc) is 3.51. The van der Waals surface area contributed by atoms with E-state index in [-0.39, 0.29) is 25.0 Å². The maximum Gasteiger partial charge on any atom is 0.341 e. The maximum absolute atomic E-state index is 13.1. The summed E-state index contributed by atoms with van der Waals surface area (Å²) in [5.74, 6) is 0.436. The first kappa shape index (κ1) is 30.6. The van der Waals surface area contributed by atoms with Crippen LogP contribution in [0.15, 0.2) is 29.4 Å². The van der Waals surface area contributed by atoms with Gasteiger partial charge >= 0.3 is 5.97 Å². The van der Waals surface area contributed by atoms with Gasteiger partial charge in [0.25, 0.3) is 5.91 Å². The first-order chi connectivity index (χ1) is 19.8. The van der Waals surface area contributed by atoms with Crippen LogP contribution in [-0.4, -0.2) is 51.0 Å². The second kappa shape index (κ2) is 14.5. The number of nitrogens with zero attached hydrogens (tertiary/aromatic N) is 3. The van der Waals surface area contributed by atoms with Crippen LogP contribution >= 0.6 is 23.1 Å². The molecule has 2 N–H and O–H groups in total. The number of thiophene rings is 1. The molecular weight excluding hydrogens is 562 g/mol. The highest BCUT2D eigenvalue weighted by Crippen LogP contribution is 2.39. The quantitative estimate of drug-likeness (QED) is 0.157. The molecule has 2 amide bonds. The number of anilines is 1. The van der Waals surface area contributed by atoms with Crippen molar-refractivity contribution in [2.45, 2.75) is 76.2 Å². The van der Waals surface area contributed by atoms with E-state index in [0.717, 1.165) is 54.7 Å². The highest BCUT2D eigenvalue weighted by Gasteiger charge is 2.28. The van der Waals surface area contributed by atoms with Crippen molar-refractivity contribution >= 4 is 45.9 Å². The van der Waals surface area contributed by atoms with Crippen molar-refractivity contribution in [2.24, 2.45) is 7.05 Å². The predicted octanol–water partition coefficient (Wildman–Crippen LogP) is 5.16. The Bertz CT molecular complexity index is 1370. The van der Waals surface area contributed by atoms with Crippen molar-refractivity contribution < 1.29 is 23.9 Å². The number of thioether (sulfide) groups is 1. The number of aromatic nitrogens is 3. The number of nitrogens with one attached hydrogen (secondary N) is 2. The molecule has 1 aliphatic carbocycles. The number of hydrogen-bond donors (Lipinski definition) is 2. The molecule has 0 saturated carbocycles. The lowest BCUT2D eigenvalue weighted by molar-refractivity contribution is -0.115. The molecule has 0 bridgehead atoms. The minimum Gasteiger partial charge on any atom is -0.494 e. The molecule has 220 valence electrons. The molecule has 1 atom stereocenters. The summed E-state index contributed by atoms with van der Waals surface area (Å²) in [5.41, 5.74) is 2.02. The minimum atomic E-state index is -0.507. The number of aryl methyl sites for hydroxylation is 1. The first-order valence-electron chi connectivity index (χ1n) is 14.0. The van der Waals surface area contributed by atoms with Crippen LogP contribution in [0.3, 0.4) is 0 Å². The molecule has 1 aliphatic rings. The molecule has 1 unspecified atom stereocenters. The molecule has 3 aromatic rings. The van der Waals surface area contributed by atoms with Gasteiger partial charge in [0.1, 0.15) is 10.8 Å². The van der Waals surface area contributed by atoms with Gasteiger partial charge in [-0.3, -0.25) is 9.59 Å². The summed E-state index contributed by atoms with van der Waals surface area (Å²) in [4.78, 5) is 39.7. The molecule has 10 nitrogen and oxygen atoms in total. The molecule has 0 aliphatic heterocycles. The van der Waals surface area contributed by atoms with Gasteiger partial charge in [0.2, 0.25) is 5.91 Å². The zero-order chi connectivity index (χ0) is 29.4. The van der Waals surface area contributed by atoms with Crippen molar-refractivity contribution in [3.63, 3.8) is 0 Å². The number of carbonyl (C=O) groups is 3. The Hall–Kier alpha value is -3.38. The Morgan fingerprint density at radius 1 is 1.12 bits per heavy atom. The standard InChI is InChI=1S/C29H37N5O5S2/c1-5-7-16-39-20-14-12-19(13-15-20)26(36)30-17-23-32-33-29(34(23)4)40-18(3)25(35)31-27-24(28(37)38-6-2)21-10-8-9-11-22(21)41-27/h12-15,18H,5-11,16-17H2,1-4H3,(H,30,36)(H,31,35). The van der Waals surface area contributed by atoms with Crippen molar-refractivity contribution in [3.8, 4) is 5.75 Å². The molecule has 0 spiro atoms. The van der Waals surface area contributed by atoms with E-state index < -0.39 is 11.2 Å². The van der Waals surface area contributed by atoms with Crippen LogP contribution in [0, 0.1) is 0 Å². The molecular formula is C29H37N5O5S2. The second-order valence-electron chi connectivity index (χ2n) is 9.75. The molecule has 2 heterocycles. The van der Waals surface area contributed by atoms with E-state index in [4.69, 9.17) is 9.47 Å². The number of hydrogen-bond acceptors (Lipinski definition) is 9. The Balaban J connectivity index is 1.34. The number of esters is 1. The van der Waals surface area contributed by atoms with Gasteiger partial charge in [0.15, 0.2) is 11.0 Å². The Morgan fingerprint density at radius 2 is 1.88 bits per heavy atom. The van der Waals surface area contributed by atoms with Gasteiger partial charge in [-0.2, -0.15) is 0 Å². The van der Waals surface area contributed by atoms with E-state index in [0.29, 0.717) is 33.7 Å². The maximum atomic E-state index is 13.1. The van der Waals surface area contributed by atoms with E-state index >= 15 is 0 Å². The van der Waals surface area contributed by atoms with Crippen molar-refractivity contribution in [3.05, 3.63) is 51.7 Å². The monoisotopic (exact) mass is 599 g/mol. The van der Waals surface area contributed by atoms with E-state index in [1.165, 1.54) is 23.1 Å². The zero-order valence-electron chi connectivity index (χ0n) is 24.0.